The van der Waals surface area contributed by atoms with E-state index in [1.807, 2.05) is 6.92 Å². The molecule has 0 aliphatic heterocycles. The standard InChI is InChI=1S/C8H9IN2O2/c1-2-6-3-5(8(13)11-9)4-7(12)10-6/h3-4H,2H2,1H3,(H,10,12)(H,11,13). The van der Waals surface area contributed by atoms with Crippen LogP contribution in [0.3, 0.4) is 0 Å². The van der Waals surface area contributed by atoms with Gasteiger partial charge in [0.1, 0.15) is 0 Å². The molecule has 1 rings (SSSR count). The molecule has 70 valence electrons. The van der Waals surface area contributed by atoms with Crippen molar-refractivity contribution in [2.75, 3.05) is 0 Å². The molecule has 0 bridgehead atoms. The number of aromatic amines is 1. The number of hydrogen-bond donors (Lipinski definition) is 2. The first-order chi connectivity index (χ1) is 6.17. The van der Waals surface area contributed by atoms with E-state index in [1.54, 1.807) is 28.9 Å². The van der Waals surface area contributed by atoms with Crippen LogP contribution in [0.4, 0.5) is 0 Å². The van der Waals surface area contributed by atoms with E-state index < -0.39 is 0 Å². The van der Waals surface area contributed by atoms with Crippen molar-refractivity contribution in [1.29, 1.82) is 0 Å². The molecule has 0 aliphatic carbocycles. The van der Waals surface area contributed by atoms with Crippen molar-refractivity contribution in [3.63, 3.8) is 0 Å². The maximum atomic E-state index is 11.2. The molecule has 0 atom stereocenters. The summed E-state index contributed by atoms with van der Waals surface area (Å²) in [5.74, 6) is -0.249. The number of rotatable bonds is 2. The van der Waals surface area contributed by atoms with Crippen LogP contribution in [0.5, 0.6) is 0 Å². The Labute approximate surface area is 89.2 Å². The van der Waals surface area contributed by atoms with Gasteiger partial charge in [-0.3, -0.25) is 13.1 Å². The number of carbonyl (C=O) groups is 1. The van der Waals surface area contributed by atoms with Gasteiger partial charge in [-0.05, 0) is 12.5 Å². The van der Waals surface area contributed by atoms with E-state index in [0.29, 0.717) is 12.0 Å². The Morgan fingerprint density at radius 1 is 1.62 bits per heavy atom. The molecule has 0 aromatic carbocycles. The lowest BCUT2D eigenvalue weighted by atomic mass is 10.2. The molecule has 0 saturated carbocycles. The van der Waals surface area contributed by atoms with E-state index in [1.165, 1.54) is 6.07 Å². The highest BCUT2D eigenvalue weighted by Gasteiger charge is 2.05. The second-order valence-corrected chi connectivity index (χ2v) is 3.08. The molecule has 5 heteroatoms. The molecule has 1 amide bonds. The van der Waals surface area contributed by atoms with E-state index in [9.17, 15) is 9.59 Å². The normalized spacial score (nSPS) is 9.69. The molecular weight excluding hydrogens is 283 g/mol. The Balaban J connectivity index is 3.16. The highest BCUT2D eigenvalue weighted by atomic mass is 127. The van der Waals surface area contributed by atoms with E-state index in [2.05, 4.69) is 8.51 Å². The molecule has 0 aliphatic rings. The van der Waals surface area contributed by atoms with Crippen molar-refractivity contribution in [2.24, 2.45) is 0 Å². The minimum absolute atomic E-state index is 0.241. The Kier molecular flexibility index (Phi) is 3.47. The monoisotopic (exact) mass is 292 g/mol. The van der Waals surface area contributed by atoms with Crippen LogP contribution in [0.1, 0.15) is 23.0 Å². The number of pyridine rings is 1. The third-order valence-electron chi connectivity index (χ3n) is 1.63. The second-order valence-electron chi connectivity index (χ2n) is 2.54. The van der Waals surface area contributed by atoms with Crippen LogP contribution in [-0.4, -0.2) is 10.9 Å². The summed E-state index contributed by atoms with van der Waals surface area (Å²) >= 11 is 1.74. The lowest BCUT2D eigenvalue weighted by Gasteiger charge is -2.00. The zero-order chi connectivity index (χ0) is 9.84. The zero-order valence-corrected chi connectivity index (χ0v) is 9.21. The molecule has 4 nitrogen and oxygen atoms in total. The fraction of sp³-hybridized carbons (Fsp3) is 0.250. The van der Waals surface area contributed by atoms with Gasteiger partial charge in [-0.15, -0.1) is 0 Å². The predicted octanol–water partition coefficient (Wildman–Crippen LogP) is 1.02. The van der Waals surface area contributed by atoms with E-state index in [4.69, 9.17) is 0 Å². The summed E-state index contributed by atoms with van der Waals surface area (Å²) < 4.78 is 2.44. The molecule has 13 heavy (non-hydrogen) atoms. The van der Waals surface area contributed by atoms with Crippen LogP contribution in [0.15, 0.2) is 16.9 Å². The average molecular weight is 292 g/mol. The smallest absolute Gasteiger partial charge is 0.260 e. The van der Waals surface area contributed by atoms with Gasteiger partial charge in [0.15, 0.2) is 0 Å². The van der Waals surface area contributed by atoms with Crippen LogP contribution in [0.25, 0.3) is 0 Å². The summed E-state index contributed by atoms with van der Waals surface area (Å²) in [6, 6.07) is 2.96. The van der Waals surface area contributed by atoms with Crippen molar-refractivity contribution in [3.05, 3.63) is 33.7 Å². The van der Waals surface area contributed by atoms with Crippen molar-refractivity contribution in [2.45, 2.75) is 13.3 Å². The molecule has 0 saturated heterocycles. The predicted molar refractivity (Wildman–Crippen MR) is 57.9 cm³/mol. The van der Waals surface area contributed by atoms with Gasteiger partial charge in [-0.25, -0.2) is 0 Å². The SMILES string of the molecule is CCc1cc(C(=O)NI)cc(=O)[nH]1. The molecule has 1 aromatic rings. The van der Waals surface area contributed by atoms with Crippen molar-refractivity contribution in [1.82, 2.24) is 8.51 Å². The molecule has 0 unspecified atom stereocenters. The highest BCUT2D eigenvalue weighted by molar-refractivity contribution is 14.1. The van der Waals surface area contributed by atoms with Gasteiger partial charge >= 0.3 is 0 Å². The Hall–Kier alpha value is -0.850. The third kappa shape index (κ3) is 2.55. The Morgan fingerprint density at radius 2 is 2.31 bits per heavy atom. The number of aryl methyl sites for hydroxylation is 1. The minimum atomic E-state index is -0.249. The van der Waals surface area contributed by atoms with Gasteiger partial charge in [-0.2, -0.15) is 0 Å². The van der Waals surface area contributed by atoms with Gasteiger partial charge in [0.2, 0.25) is 5.56 Å². The average Bonchev–Trinajstić information content (AvgIpc) is 2.15. The quantitative estimate of drug-likeness (QED) is 0.631. The topological polar surface area (TPSA) is 62.0 Å². The second kappa shape index (κ2) is 4.40. The molecular formula is C8H9IN2O2. The maximum Gasteiger partial charge on any atom is 0.260 e. The summed E-state index contributed by atoms with van der Waals surface area (Å²) in [6.07, 6.45) is 0.706. The molecule has 1 heterocycles. The summed E-state index contributed by atoms with van der Waals surface area (Å²) in [4.78, 5) is 24.9. The summed E-state index contributed by atoms with van der Waals surface area (Å²) in [6.45, 7) is 1.91. The lowest BCUT2D eigenvalue weighted by molar-refractivity contribution is 0.0989. The molecule has 2 N–H and O–H groups in total. The number of H-pyrrole nitrogens is 1. The van der Waals surface area contributed by atoms with Gasteiger partial charge in [0, 0.05) is 17.3 Å². The number of amides is 1. The van der Waals surface area contributed by atoms with E-state index >= 15 is 0 Å². The number of carbonyl (C=O) groups excluding carboxylic acids is 1. The molecule has 0 spiro atoms. The van der Waals surface area contributed by atoms with Crippen LogP contribution in [-0.2, 0) is 6.42 Å². The summed E-state index contributed by atoms with van der Waals surface area (Å²) in [5.41, 5.74) is 0.923. The molecule has 1 aromatic heterocycles. The van der Waals surface area contributed by atoms with Gasteiger partial charge in [-0.1, -0.05) is 6.92 Å². The molecule has 0 radical (unpaired) electrons. The van der Waals surface area contributed by atoms with Crippen LogP contribution >= 0.6 is 22.9 Å². The zero-order valence-electron chi connectivity index (χ0n) is 7.06. The number of nitrogens with one attached hydrogen (secondary N) is 2. The lowest BCUT2D eigenvalue weighted by Crippen LogP contribution is -2.17. The first-order valence-electron chi connectivity index (χ1n) is 3.81. The number of halogens is 1. The Bertz CT molecular complexity index is 373. The fourth-order valence-corrected chi connectivity index (χ4v) is 1.29. The van der Waals surface area contributed by atoms with Crippen LogP contribution < -0.4 is 9.09 Å². The maximum absolute atomic E-state index is 11.2. The molecule has 0 fully saturated rings. The third-order valence-corrected chi connectivity index (χ3v) is 2.12. The number of hydrogen-bond acceptors (Lipinski definition) is 2. The van der Waals surface area contributed by atoms with Gasteiger partial charge in [0.05, 0.1) is 22.9 Å². The van der Waals surface area contributed by atoms with E-state index in [-0.39, 0.29) is 11.5 Å². The van der Waals surface area contributed by atoms with Crippen molar-refractivity contribution >= 4 is 28.8 Å². The van der Waals surface area contributed by atoms with Crippen LogP contribution in [0.2, 0.25) is 0 Å². The largest absolute Gasteiger partial charge is 0.326 e. The fourth-order valence-electron chi connectivity index (χ4n) is 0.977. The highest BCUT2D eigenvalue weighted by Crippen LogP contribution is 2.00. The Morgan fingerprint density at radius 3 is 2.85 bits per heavy atom. The van der Waals surface area contributed by atoms with Crippen LogP contribution in [0, 0.1) is 0 Å². The van der Waals surface area contributed by atoms with E-state index in [0.717, 1.165) is 5.69 Å². The summed E-state index contributed by atoms with van der Waals surface area (Å²) in [7, 11) is 0. The van der Waals surface area contributed by atoms with Crippen molar-refractivity contribution in [3.8, 4) is 0 Å². The first kappa shape index (κ1) is 10.2. The first-order valence-corrected chi connectivity index (χ1v) is 4.89. The summed E-state index contributed by atoms with van der Waals surface area (Å²) in [5, 5.41) is 0. The van der Waals surface area contributed by atoms with Gasteiger partial charge in [0.25, 0.3) is 5.91 Å². The van der Waals surface area contributed by atoms with Gasteiger partial charge < -0.3 is 4.98 Å². The van der Waals surface area contributed by atoms with Crippen molar-refractivity contribution < 1.29 is 4.79 Å². The number of aromatic nitrogens is 1. The minimum Gasteiger partial charge on any atom is -0.326 e.